The summed E-state index contributed by atoms with van der Waals surface area (Å²) in [6.45, 7) is 0.577. The molecule has 102 valence electrons. The fourth-order valence-electron chi connectivity index (χ4n) is 1.35. The van der Waals surface area contributed by atoms with Gasteiger partial charge >= 0.3 is 0 Å². The zero-order valence-electron chi connectivity index (χ0n) is 9.83. The zero-order chi connectivity index (χ0) is 13.6. The quantitative estimate of drug-likeness (QED) is 0.751. The molecule has 1 rings (SSSR count). The van der Waals surface area contributed by atoms with Crippen molar-refractivity contribution in [2.45, 2.75) is 19.4 Å². The highest BCUT2D eigenvalue weighted by molar-refractivity contribution is 7.89. The van der Waals surface area contributed by atoms with Gasteiger partial charge in [-0.1, -0.05) is 17.7 Å². The lowest BCUT2D eigenvalue weighted by molar-refractivity contribution is 0.577. The summed E-state index contributed by atoms with van der Waals surface area (Å²) < 4.78 is 38.5. The molecule has 0 radical (unpaired) electrons. The van der Waals surface area contributed by atoms with Gasteiger partial charge in [-0.15, -0.1) is 0 Å². The molecule has 7 heteroatoms. The van der Waals surface area contributed by atoms with Crippen LogP contribution in [0, 0.1) is 5.82 Å². The standard InChI is InChI=1S/C11H16ClFN2O2S/c12-10-7-9(3-4-11(10)13)8-15-18(16,17)6-2-1-5-14/h3-4,7,15H,1-2,5-6,8,14H2. The minimum Gasteiger partial charge on any atom is -0.330 e. The van der Waals surface area contributed by atoms with E-state index in [1.165, 1.54) is 18.2 Å². The van der Waals surface area contributed by atoms with Crippen LogP contribution in [0.15, 0.2) is 18.2 Å². The average molecular weight is 295 g/mol. The second-order valence-corrected chi connectivity index (χ2v) is 6.22. The van der Waals surface area contributed by atoms with Gasteiger partial charge in [-0.05, 0) is 37.1 Å². The Morgan fingerprint density at radius 2 is 2.06 bits per heavy atom. The maximum atomic E-state index is 12.9. The molecule has 1 aromatic carbocycles. The second kappa shape index (κ2) is 7.04. The lowest BCUT2D eigenvalue weighted by atomic mass is 10.2. The molecular formula is C11H16ClFN2O2S. The van der Waals surface area contributed by atoms with Crippen molar-refractivity contribution >= 4 is 21.6 Å². The minimum atomic E-state index is -3.32. The molecule has 0 amide bonds. The lowest BCUT2D eigenvalue weighted by Gasteiger charge is -2.07. The fourth-order valence-corrected chi connectivity index (χ4v) is 2.67. The highest BCUT2D eigenvalue weighted by Gasteiger charge is 2.09. The highest BCUT2D eigenvalue weighted by Crippen LogP contribution is 2.15. The van der Waals surface area contributed by atoms with Gasteiger partial charge < -0.3 is 5.73 Å². The van der Waals surface area contributed by atoms with Crippen LogP contribution in [0.2, 0.25) is 5.02 Å². The number of hydrogen-bond donors (Lipinski definition) is 2. The van der Waals surface area contributed by atoms with Gasteiger partial charge in [0.15, 0.2) is 0 Å². The molecule has 0 aliphatic heterocycles. The van der Waals surface area contributed by atoms with Crippen molar-refractivity contribution in [2.24, 2.45) is 5.73 Å². The van der Waals surface area contributed by atoms with Crippen LogP contribution in [-0.4, -0.2) is 20.7 Å². The van der Waals surface area contributed by atoms with Crippen molar-refractivity contribution in [1.82, 2.24) is 4.72 Å². The molecule has 0 fully saturated rings. The summed E-state index contributed by atoms with van der Waals surface area (Å²) in [5.41, 5.74) is 5.90. The monoisotopic (exact) mass is 294 g/mol. The van der Waals surface area contributed by atoms with E-state index < -0.39 is 15.8 Å². The van der Waals surface area contributed by atoms with Gasteiger partial charge in [0.25, 0.3) is 0 Å². The van der Waals surface area contributed by atoms with Gasteiger partial charge in [0.1, 0.15) is 5.82 Å². The van der Waals surface area contributed by atoms with Crippen LogP contribution in [0.5, 0.6) is 0 Å². The Labute approximate surface area is 111 Å². The fraction of sp³-hybridized carbons (Fsp3) is 0.455. The molecule has 0 spiro atoms. The first-order chi connectivity index (χ1) is 8.44. The van der Waals surface area contributed by atoms with Crippen molar-refractivity contribution in [2.75, 3.05) is 12.3 Å². The first-order valence-electron chi connectivity index (χ1n) is 5.56. The Morgan fingerprint density at radius 1 is 1.33 bits per heavy atom. The maximum Gasteiger partial charge on any atom is 0.211 e. The number of hydrogen-bond acceptors (Lipinski definition) is 3. The molecule has 0 aliphatic rings. The SMILES string of the molecule is NCCCCS(=O)(=O)NCc1ccc(F)c(Cl)c1. The average Bonchev–Trinajstić information content (AvgIpc) is 2.31. The third kappa shape index (κ3) is 5.30. The summed E-state index contributed by atoms with van der Waals surface area (Å²) in [5.74, 6) is -0.481. The molecule has 3 N–H and O–H groups in total. The second-order valence-electron chi connectivity index (χ2n) is 3.88. The Kier molecular flexibility index (Phi) is 6.01. The molecule has 0 atom stereocenters. The van der Waals surface area contributed by atoms with Gasteiger partial charge in [0.2, 0.25) is 10.0 Å². The minimum absolute atomic E-state index is 0.0187. The van der Waals surface area contributed by atoms with Crippen LogP contribution in [0.1, 0.15) is 18.4 Å². The van der Waals surface area contributed by atoms with E-state index in [0.717, 1.165) is 0 Å². The maximum absolute atomic E-state index is 12.9. The summed E-state index contributed by atoms with van der Waals surface area (Å²) in [4.78, 5) is 0. The van der Waals surface area contributed by atoms with E-state index in [1.54, 1.807) is 0 Å². The highest BCUT2D eigenvalue weighted by atomic mass is 35.5. The normalized spacial score (nSPS) is 11.7. The Morgan fingerprint density at radius 3 is 2.67 bits per heavy atom. The smallest absolute Gasteiger partial charge is 0.211 e. The molecule has 0 saturated carbocycles. The number of benzene rings is 1. The molecule has 0 unspecified atom stereocenters. The Balaban J connectivity index is 2.51. The van der Waals surface area contributed by atoms with Crippen LogP contribution < -0.4 is 10.5 Å². The largest absolute Gasteiger partial charge is 0.330 e. The number of nitrogens with two attached hydrogens (primary N) is 1. The third-order valence-corrected chi connectivity index (χ3v) is 4.05. The molecule has 1 aromatic rings. The van der Waals surface area contributed by atoms with Gasteiger partial charge in [-0.2, -0.15) is 0 Å². The molecule has 0 aliphatic carbocycles. The van der Waals surface area contributed by atoms with E-state index >= 15 is 0 Å². The number of halogens is 2. The van der Waals surface area contributed by atoms with Gasteiger partial charge in [-0.3, -0.25) is 0 Å². The summed E-state index contributed by atoms with van der Waals surface area (Å²) in [5, 5.41) is -0.0187. The lowest BCUT2D eigenvalue weighted by Crippen LogP contribution is -2.26. The predicted molar refractivity (Wildman–Crippen MR) is 70.3 cm³/mol. The number of sulfonamides is 1. The third-order valence-electron chi connectivity index (χ3n) is 2.35. The molecule has 0 heterocycles. The van der Waals surface area contributed by atoms with Crippen LogP contribution in [-0.2, 0) is 16.6 Å². The predicted octanol–water partition coefficient (Wildman–Crippen LogP) is 1.64. The zero-order valence-corrected chi connectivity index (χ0v) is 11.4. The van der Waals surface area contributed by atoms with Gasteiger partial charge in [0.05, 0.1) is 10.8 Å². The topological polar surface area (TPSA) is 72.2 Å². The van der Waals surface area contributed by atoms with Gasteiger partial charge in [-0.25, -0.2) is 17.5 Å². The van der Waals surface area contributed by atoms with E-state index in [0.29, 0.717) is 24.9 Å². The van der Waals surface area contributed by atoms with E-state index in [1.807, 2.05) is 0 Å². The van der Waals surface area contributed by atoms with E-state index in [-0.39, 0.29) is 17.3 Å². The van der Waals surface area contributed by atoms with Crippen molar-refractivity contribution in [3.8, 4) is 0 Å². The first kappa shape index (κ1) is 15.4. The number of unbranched alkanes of at least 4 members (excludes halogenated alkanes) is 1. The number of rotatable bonds is 7. The molecular weight excluding hydrogens is 279 g/mol. The van der Waals surface area contributed by atoms with Crippen LogP contribution in [0.4, 0.5) is 4.39 Å². The molecule has 0 aromatic heterocycles. The van der Waals surface area contributed by atoms with Crippen molar-refractivity contribution in [3.63, 3.8) is 0 Å². The van der Waals surface area contributed by atoms with E-state index in [9.17, 15) is 12.8 Å². The van der Waals surface area contributed by atoms with Crippen LogP contribution in [0.3, 0.4) is 0 Å². The first-order valence-corrected chi connectivity index (χ1v) is 7.59. The molecule has 0 saturated heterocycles. The summed E-state index contributed by atoms with van der Waals surface area (Å²) in [7, 11) is -3.32. The van der Waals surface area contributed by atoms with Crippen LogP contribution in [0.25, 0.3) is 0 Å². The molecule has 18 heavy (non-hydrogen) atoms. The van der Waals surface area contributed by atoms with Gasteiger partial charge in [0, 0.05) is 6.54 Å². The molecule has 0 bridgehead atoms. The van der Waals surface area contributed by atoms with Crippen LogP contribution >= 0.6 is 11.6 Å². The summed E-state index contributed by atoms with van der Waals surface area (Å²) in [6, 6.07) is 4.10. The van der Waals surface area contributed by atoms with Crippen molar-refractivity contribution in [1.29, 1.82) is 0 Å². The number of nitrogens with one attached hydrogen (secondary N) is 1. The van der Waals surface area contributed by atoms with Crippen molar-refractivity contribution < 1.29 is 12.8 Å². The molecule has 4 nitrogen and oxygen atoms in total. The van der Waals surface area contributed by atoms with E-state index in [4.69, 9.17) is 17.3 Å². The Hall–Kier alpha value is -0.690. The van der Waals surface area contributed by atoms with E-state index in [2.05, 4.69) is 4.72 Å². The summed E-state index contributed by atoms with van der Waals surface area (Å²) >= 11 is 5.60. The summed E-state index contributed by atoms with van der Waals surface area (Å²) in [6.07, 6.45) is 1.19. The van der Waals surface area contributed by atoms with Crippen molar-refractivity contribution in [3.05, 3.63) is 34.6 Å². The Bertz CT molecular complexity index is 494.